The van der Waals surface area contributed by atoms with Gasteiger partial charge in [-0.05, 0) is 30.7 Å². The molecule has 74 valence electrons. The van der Waals surface area contributed by atoms with Crippen LogP contribution in [-0.4, -0.2) is 17.5 Å². The fourth-order valence-corrected chi connectivity index (χ4v) is 2.30. The normalized spacial score (nSPS) is 16.2. The smallest absolute Gasteiger partial charge is 0.161 e. The predicted octanol–water partition coefficient (Wildman–Crippen LogP) is 3.35. The third-order valence-corrected chi connectivity index (χ3v) is 3.42. The van der Waals surface area contributed by atoms with Crippen LogP contribution in [0.4, 0.5) is 5.69 Å². The van der Waals surface area contributed by atoms with Gasteiger partial charge in [-0.15, -0.1) is 0 Å². The Balaban J connectivity index is 2.03. The van der Waals surface area contributed by atoms with Crippen molar-refractivity contribution >= 4 is 38.5 Å². The van der Waals surface area contributed by atoms with Gasteiger partial charge in [0.25, 0.3) is 0 Å². The molecule has 0 atom stereocenters. The fourth-order valence-electron chi connectivity index (χ4n) is 1.19. The molecule has 14 heavy (non-hydrogen) atoms. The van der Waals surface area contributed by atoms with Gasteiger partial charge < -0.3 is 5.32 Å². The van der Waals surface area contributed by atoms with Crippen LogP contribution in [0.15, 0.2) is 33.7 Å². The van der Waals surface area contributed by atoms with Gasteiger partial charge in [0.15, 0.2) is 5.17 Å². The largest absolute Gasteiger partial charge is 0.335 e. The van der Waals surface area contributed by atoms with Crippen LogP contribution in [0.1, 0.15) is 6.42 Å². The number of rotatable bonds is 1. The Morgan fingerprint density at radius 2 is 2.07 bits per heavy atom. The van der Waals surface area contributed by atoms with Crippen molar-refractivity contribution in [3.05, 3.63) is 28.7 Å². The van der Waals surface area contributed by atoms with Gasteiger partial charge in [0.1, 0.15) is 0 Å². The Morgan fingerprint density at radius 1 is 1.29 bits per heavy atom. The summed E-state index contributed by atoms with van der Waals surface area (Å²) in [4.78, 5) is 4.40. The number of anilines is 1. The van der Waals surface area contributed by atoms with E-state index < -0.39 is 0 Å². The molecule has 0 aromatic heterocycles. The first-order valence-electron chi connectivity index (χ1n) is 4.54. The summed E-state index contributed by atoms with van der Waals surface area (Å²) in [6, 6.07) is 8.14. The van der Waals surface area contributed by atoms with Gasteiger partial charge >= 0.3 is 0 Å². The molecule has 1 aliphatic rings. The monoisotopic (exact) mass is 270 g/mol. The van der Waals surface area contributed by atoms with Crippen molar-refractivity contribution in [3.63, 3.8) is 0 Å². The maximum absolute atomic E-state index is 4.40. The highest BCUT2D eigenvalue weighted by molar-refractivity contribution is 9.10. The highest BCUT2D eigenvalue weighted by Gasteiger charge is 2.05. The van der Waals surface area contributed by atoms with Crippen LogP contribution in [0.5, 0.6) is 0 Å². The van der Waals surface area contributed by atoms with Gasteiger partial charge in [-0.1, -0.05) is 27.7 Å². The van der Waals surface area contributed by atoms with E-state index in [1.807, 2.05) is 24.3 Å². The number of thioether (sulfide) groups is 1. The molecule has 1 aliphatic heterocycles. The molecule has 0 aliphatic carbocycles. The third-order valence-electron chi connectivity index (χ3n) is 1.89. The number of benzene rings is 1. The van der Waals surface area contributed by atoms with Crippen molar-refractivity contribution < 1.29 is 0 Å². The van der Waals surface area contributed by atoms with Crippen molar-refractivity contribution in [1.82, 2.24) is 0 Å². The van der Waals surface area contributed by atoms with Crippen molar-refractivity contribution in [3.8, 4) is 0 Å². The molecule has 0 saturated carbocycles. The van der Waals surface area contributed by atoms with Gasteiger partial charge in [0.05, 0.1) is 0 Å². The number of nitrogens with one attached hydrogen (secondary N) is 1. The number of nitrogens with zero attached hydrogens (tertiary/aromatic N) is 1. The molecule has 1 N–H and O–H groups in total. The molecule has 4 heteroatoms. The van der Waals surface area contributed by atoms with Gasteiger partial charge in [-0.25, -0.2) is 0 Å². The Kier molecular flexibility index (Phi) is 3.48. The van der Waals surface area contributed by atoms with E-state index in [4.69, 9.17) is 0 Å². The van der Waals surface area contributed by atoms with Gasteiger partial charge in [-0.2, -0.15) is 0 Å². The summed E-state index contributed by atoms with van der Waals surface area (Å²) in [6.07, 6.45) is 1.19. The number of amidine groups is 1. The molecule has 1 heterocycles. The lowest BCUT2D eigenvalue weighted by atomic mass is 10.3. The van der Waals surface area contributed by atoms with E-state index in [0.717, 1.165) is 21.9 Å². The zero-order valence-electron chi connectivity index (χ0n) is 7.66. The molecule has 1 aromatic carbocycles. The standard InChI is InChI=1S/C10H11BrN2S/c11-8-2-4-9(5-3-8)13-10-12-6-1-7-14-10/h2-5H,1,6-7H2,(H,12,13). The first-order chi connectivity index (χ1) is 6.84. The van der Waals surface area contributed by atoms with E-state index in [9.17, 15) is 0 Å². The number of aliphatic imine (C=N–C) groups is 1. The molecule has 0 bridgehead atoms. The first-order valence-corrected chi connectivity index (χ1v) is 6.32. The minimum Gasteiger partial charge on any atom is -0.335 e. The highest BCUT2D eigenvalue weighted by Crippen LogP contribution is 2.18. The Labute approximate surface area is 96.3 Å². The minimum atomic E-state index is 0.950. The summed E-state index contributed by atoms with van der Waals surface area (Å²) in [5.41, 5.74) is 1.10. The van der Waals surface area contributed by atoms with Crippen molar-refractivity contribution in [2.24, 2.45) is 4.99 Å². The molecule has 0 saturated heterocycles. The fraction of sp³-hybridized carbons (Fsp3) is 0.300. The van der Waals surface area contributed by atoms with Crippen LogP contribution in [0.3, 0.4) is 0 Å². The lowest BCUT2D eigenvalue weighted by Gasteiger charge is -2.12. The van der Waals surface area contributed by atoms with E-state index in [1.54, 1.807) is 11.8 Å². The number of hydrogen-bond donors (Lipinski definition) is 1. The van der Waals surface area contributed by atoms with Crippen molar-refractivity contribution in [1.29, 1.82) is 0 Å². The maximum atomic E-state index is 4.40. The van der Waals surface area contributed by atoms with Crippen LogP contribution < -0.4 is 5.32 Å². The van der Waals surface area contributed by atoms with Crippen LogP contribution in [0, 0.1) is 0 Å². The van der Waals surface area contributed by atoms with Crippen LogP contribution in [-0.2, 0) is 0 Å². The molecule has 2 rings (SSSR count). The summed E-state index contributed by atoms with van der Waals surface area (Å²) in [5.74, 6) is 1.17. The second-order valence-corrected chi connectivity index (χ2v) is 5.02. The number of halogens is 1. The lowest BCUT2D eigenvalue weighted by Crippen LogP contribution is -2.13. The lowest BCUT2D eigenvalue weighted by molar-refractivity contribution is 0.938. The predicted molar refractivity (Wildman–Crippen MR) is 67.1 cm³/mol. The molecule has 0 radical (unpaired) electrons. The molecular weight excluding hydrogens is 260 g/mol. The van der Waals surface area contributed by atoms with Crippen LogP contribution in [0.25, 0.3) is 0 Å². The molecular formula is C10H11BrN2S. The Morgan fingerprint density at radius 3 is 2.71 bits per heavy atom. The average molecular weight is 271 g/mol. The molecule has 2 nitrogen and oxygen atoms in total. The van der Waals surface area contributed by atoms with Gasteiger partial charge in [-0.3, -0.25) is 4.99 Å². The van der Waals surface area contributed by atoms with E-state index in [1.165, 1.54) is 12.2 Å². The van der Waals surface area contributed by atoms with Gasteiger partial charge in [0, 0.05) is 22.5 Å². The second kappa shape index (κ2) is 4.84. The van der Waals surface area contributed by atoms with E-state index >= 15 is 0 Å². The Hall–Kier alpha value is -0.480. The van der Waals surface area contributed by atoms with Crippen LogP contribution in [0.2, 0.25) is 0 Å². The molecule has 0 fully saturated rings. The second-order valence-electron chi connectivity index (χ2n) is 3.02. The molecule has 0 amide bonds. The third kappa shape index (κ3) is 2.75. The van der Waals surface area contributed by atoms with Crippen molar-refractivity contribution in [2.45, 2.75) is 6.42 Å². The summed E-state index contributed by atoms with van der Waals surface area (Å²) in [7, 11) is 0. The highest BCUT2D eigenvalue weighted by atomic mass is 79.9. The van der Waals surface area contributed by atoms with E-state index in [2.05, 4.69) is 26.2 Å². The molecule has 1 aromatic rings. The zero-order valence-corrected chi connectivity index (χ0v) is 10.1. The molecule has 0 unspecified atom stereocenters. The van der Waals surface area contributed by atoms with Gasteiger partial charge in [0.2, 0.25) is 0 Å². The minimum absolute atomic E-state index is 0.950. The topological polar surface area (TPSA) is 24.4 Å². The van der Waals surface area contributed by atoms with E-state index in [0.29, 0.717) is 0 Å². The average Bonchev–Trinajstić information content (AvgIpc) is 2.23. The first kappa shape index (κ1) is 10.1. The van der Waals surface area contributed by atoms with Crippen LogP contribution >= 0.6 is 27.7 Å². The number of hydrogen-bond acceptors (Lipinski definition) is 3. The quantitative estimate of drug-likeness (QED) is 0.847. The SMILES string of the molecule is Brc1ccc(NC2=NCCCS2)cc1. The van der Waals surface area contributed by atoms with Crippen molar-refractivity contribution in [2.75, 3.05) is 17.6 Å². The summed E-state index contributed by atoms with van der Waals surface area (Å²) in [6.45, 7) is 0.950. The summed E-state index contributed by atoms with van der Waals surface area (Å²) < 4.78 is 1.10. The zero-order chi connectivity index (χ0) is 9.80. The molecule has 0 spiro atoms. The maximum Gasteiger partial charge on any atom is 0.161 e. The summed E-state index contributed by atoms with van der Waals surface area (Å²) >= 11 is 5.20. The summed E-state index contributed by atoms with van der Waals surface area (Å²) in [5, 5.41) is 4.34. The van der Waals surface area contributed by atoms with E-state index in [-0.39, 0.29) is 0 Å². The Bertz CT molecular complexity index is 334.